The quantitative estimate of drug-likeness (QED) is 0.583. The molecule has 70 valence electrons. The summed E-state index contributed by atoms with van der Waals surface area (Å²) in [6.07, 6.45) is 5.36. The van der Waals surface area contributed by atoms with Crippen LogP contribution in [0.3, 0.4) is 0 Å². The molecule has 0 fully saturated rings. The highest BCUT2D eigenvalue weighted by Crippen LogP contribution is 2.13. The molecule has 0 N–H and O–H groups in total. The molecule has 15 heavy (non-hydrogen) atoms. The van der Waals surface area contributed by atoms with Crippen molar-refractivity contribution in [3.63, 3.8) is 0 Å². The second-order valence-corrected chi connectivity index (χ2v) is 3.84. The molecule has 0 aliphatic heterocycles. The second-order valence-electron chi connectivity index (χ2n) is 2.92. The number of thiophene rings is 1. The molecule has 0 atom stereocenters. The lowest BCUT2D eigenvalue weighted by Gasteiger charge is -1.87. The summed E-state index contributed by atoms with van der Waals surface area (Å²) in [6.45, 7) is 0. The summed E-state index contributed by atoms with van der Waals surface area (Å²) < 4.78 is 0. The molecule has 2 aromatic rings. The van der Waals surface area contributed by atoms with Gasteiger partial charge in [0, 0.05) is 5.56 Å². The third-order valence-electron chi connectivity index (χ3n) is 1.91. The lowest BCUT2D eigenvalue weighted by molar-refractivity contribution is 1.64. The topological polar surface area (TPSA) is 0 Å². The van der Waals surface area contributed by atoms with E-state index in [-0.39, 0.29) is 0 Å². The van der Waals surface area contributed by atoms with Gasteiger partial charge in [-0.05, 0) is 23.6 Å². The van der Waals surface area contributed by atoms with Crippen molar-refractivity contribution < 1.29 is 0 Å². The lowest BCUT2D eigenvalue weighted by atomic mass is 10.2. The maximum Gasteiger partial charge on any atom is 0.0922 e. The number of rotatable bonds is 0. The first-order chi connectivity index (χ1) is 7.40. The first-order valence-electron chi connectivity index (χ1n) is 4.51. The van der Waals surface area contributed by atoms with Crippen molar-refractivity contribution in [3.8, 4) is 24.2 Å². The monoisotopic (exact) mass is 208 g/mol. The largest absolute Gasteiger partial charge is 0.134 e. The van der Waals surface area contributed by atoms with E-state index in [0.29, 0.717) is 0 Å². The molecule has 1 heteroatoms. The van der Waals surface area contributed by atoms with E-state index in [4.69, 9.17) is 6.42 Å². The average Bonchev–Trinajstić information content (AvgIpc) is 2.75. The van der Waals surface area contributed by atoms with E-state index in [1.807, 2.05) is 41.8 Å². The van der Waals surface area contributed by atoms with Gasteiger partial charge < -0.3 is 0 Å². The van der Waals surface area contributed by atoms with Crippen molar-refractivity contribution in [1.82, 2.24) is 0 Å². The third kappa shape index (κ3) is 2.29. The van der Waals surface area contributed by atoms with Crippen LogP contribution in [0, 0.1) is 24.2 Å². The zero-order chi connectivity index (χ0) is 10.5. The molecule has 0 radical (unpaired) electrons. The molecular formula is C14H8S. The Kier molecular flexibility index (Phi) is 2.88. The standard InChI is InChI=1S/C14H8S/c1-2-14-13(10-11-15-14)9-8-12-6-4-3-5-7-12/h1,3-7,10-11H. The highest BCUT2D eigenvalue weighted by atomic mass is 32.1. The SMILES string of the molecule is C#Cc1sccc1C#Cc1ccccc1. The van der Waals surface area contributed by atoms with Crippen molar-refractivity contribution in [2.75, 3.05) is 0 Å². The van der Waals surface area contributed by atoms with E-state index in [1.165, 1.54) is 0 Å². The first kappa shape index (κ1) is 9.59. The molecule has 0 saturated carbocycles. The lowest BCUT2D eigenvalue weighted by Crippen LogP contribution is -1.74. The minimum Gasteiger partial charge on any atom is -0.134 e. The minimum atomic E-state index is 0.901. The first-order valence-corrected chi connectivity index (χ1v) is 5.39. The van der Waals surface area contributed by atoms with Crippen LogP contribution in [0.5, 0.6) is 0 Å². The molecule has 1 aromatic carbocycles. The van der Waals surface area contributed by atoms with Gasteiger partial charge in [-0.15, -0.1) is 17.8 Å². The van der Waals surface area contributed by atoms with Crippen LogP contribution in [0.1, 0.15) is 16.0 Å². The molecule has 0 spiro atoms. The third-order valence-corrected chi connectivity index (χ3v) is 2.76. The number of terminal acetylenes is 1. The molecule has 0 aliphatic carbocycles. The van der Waals surface area contributed by atoms with Crippen molar-refractivity contribution in [1.29, 1.82) is 0 Å². The van der Waals surface area contributed by atoms with Crippen LogP contribution in [0.15, 0.2) is 41.8 Å². The summed E-state index contributed by atoms with van der Waals surface area (Å²) in [6, 6.07) is 11.8. The van der Waals surface area contributed by atoms with E-state index < -0.39 is 0 Å². The Morgan fingerprint density at radius 2 is 1.80 bits per heavy atom. The molecule has 1 aromatic heterocycles. The fourth-order valence-electron chi connectivity index (χ4n) is 1.18. The van der Waals surface area contributed by atoms with E-state index >= 15 is 0 Å². The van der Waals surface area contributed by atoms with Gasteiger partial charge in [-0.2, -0.15) is 0 Å². The summed E-state index contributed by atoms with van der Waals surface area (Å²) in [5, 5.41) is 1.96. The Labute approximate surface area is 93.6 Å². The van der Waals surface area contributed by atoms with Crippen LogP contribution in [0.4, 0.5) is 0 Å². The zero-order valence-corrected chi connectivity index (χ0v) is 8.84. The summed E-state index contributed by atoms with van der Waals surface area (Å²) in [5.41, 5.74) is 1.94. The zero-order valence-electron chi connectivity index (χ0n) is 8.03. The molecule has 0 amide bonds. The van der Waals surface area contributed by atoms with E-state index in [1.54, 1.807) is 11.3 Å². The van der Waals surface area contributed by atoms with Gasteiger partial charge in [-0.1, -0.05) is 36.0 Å². The van der Waals surface area contributed by atoms with Crippen molar-refractivity contribution in [3.05, 3.63) is 57.8 Å². The van der Waals surface area contributed by atoms with Crippen LogP contribution in [-0.2, 0) is 0 Å². The molecule has 0 unspecified atom stereocenters. The predicted molar refractivity (Wildman–Crippen MR) is 64.7 cm³/mol. The van der Waals surface area contributed by atoms with Crippen molar-refractivity contribution in [2.45, 2.75) is 0 Å². The number of hydrogen-bond acceptors (Lipinski definition) is 1. The van der Waals surface area contributed by atoms with Gasteiger partial charge in [-0.3, -0.25) is 0 Å². The molecule has 0 saturated heterocycles. The maximum absolute atomic E-state index is 5.36. The highest BCUT2D eigenvalue weighted by Gasteiger charge is 1.96. The van der Waals surface area contributed by atoms with Crippen LogP contribution >= 0.6 is 11.3 Å². The van der Waals surface area contributed by atoms with Crippen molar-refractivity contribution in [2.24, 2.45) is 0 Å². The van der Waals surface area contributed by atoms with Gasteiger partial charge in [0.1, 0.15) is 0 Å². The van der Waals surface area contributed by atoms with Crippen molar-refractivity contribution >= 4 is 11.3 Å². The number of hydrogen-bond donors (Lipinski definition) is 0. The molecular weight excluding hydrogens is 200 g/mol. The van der Waals surface area contributed by atoms with Gasteiger partial charge in [-0.25, -0.2) is 0 Å². The maximum atomic E-state index is 5.36. The fraction of sp³-hybridized carbons (Fsp3) is 0. The molecule has 0 nitrogen and oxygen atoms in total. The Bertz CT molecular complexity index is 544. The fourth-order valence-corrected chi connectivity index (χ4v) is 1.83. The molecule has 2 rings (SSSR count). The molecule has 1 heterocycles. The van der Waals surface area contributed by atoms with Gasteiger partial charge in [0.05, 0.1) is 10.4 Å². The normalized spacial score (nSPS) is 8.73. The molecule has 0 bridgehead atoms. The van der Waals surface area contributed by atoms with E-state index in [2.05, 4.69) is 17.8 Å². The van der Waals surface area contributed by atoms with Crippen LogP contribution in [-0.4, -0.2) is 0 Å². The van der Waals surface area contributed by atoms with Crippen LogP contribution in [0.2, 0.25) is 0 Å². The van der Waals surface area contributed by atoms with E-state index in [9.17, 15) is 0 Å². The minimum absolute atomic E-state index is 0.901. The van der Waals surface area contributed by atoms with E-state index in [0.717, 1.165) is 16.0 Å². The van der Waals surface area contributed by atoms with Gasteiger partial charge >= 0.3 is 0 Å². The summed E-state index contributed by atoms with van der Waals surface area (Å²) in [4.78, 5) is 0.901. The summed E-state index contributed by atoms with van der Waals surface area (Å²) in [7, 11) is 0. The average molecular weight is 208 g/mol. The predicted octanol–water partition coefficient (Wildman–Crippen LogP) is 3.13. The number of benzene rings is 1. The van der Waals surface area contributed by atoms with Crippen LogP contribution < -0.4 is 0 Å². The molecule has 0 aliphatic rings. The van der Waals surface area contributed by atoms with Gasteiger partial charge in [0.25, 0.3) is 0 Å². The Balaban J connectivity index is 2.31. The Morgan fingerprint density at radius 1 is 1.00 bits per heavy atom. The van der Waals surface area contributed by atoms with Crippen LogP contribution in [0.25, 0.3) is 0 Å². The Hall–Kier alpha value is -1.96. The Morgan fingerprint density at radius 3 is 2.53 bits per heavy atom. The highest BCUT2D eigenvalue weighted by molar-refractivity contribution is 7.10. The smallest absolute Gasteiger partial charge is 0.0922 e. The summed E-state index contributed by atoms with van der Waals surface area (Å²) >= 11 is 1.55. The van der Waals surface area contributed by atoms with Gasteiger partial charge in [0.15, 0.2) is 0 Å². The second kappa shape index (κ2) is 4.51. The summed E-state index contributed by atoms with van der Waals surface area (Å²) in [5.74, 6) is 8.79. The van der Waals surface area contributed by atoms with Gasteiger partial charge in [0.2, 0.25) is 0 Å².